The number of thiazole rings is 1. The molecular formula is C16H21N5O2S. The third-order valence-electron chi connectivity index (χ3n) is 4.73. The molecule has 1 aliphatic carbocycles. The van der Waals surface area contributed by atoms with Gasteiger partial charge >= 0.3 is 0 Å². The summed E-state index contributed by atoms with van der Waals surface area (Å²) in [5.74, 6) is 0.284. The van der Waals surface area contributed by atoms with Crippen LogP contribution in [-0.2, 0) is 11.3 Å². The molecule has 0 unspecified atom stereocenters. The Morgan fingerprint density at radius 1 is 1.46 bits per heavy atom. The molecule has 2 atom stereocenters. The number of hydrogen-bond acceptors (Lipinski definition) is 6. The minimum Gasteiger partial charge on any atom is -0.395 e. The standard InChI is InChI=1S/C16H21N5O2S/c22-10-14-5-13(8-20(14)9-15-17-3-4-24-15)21-7-12(6-18-21)19-16(23)11-1-2-11/h3-4,6-7,11,13-14,22H,1-2,5,8-10H2,(H,19,23)/t13-,14-/m0/s1. The number of rotatable bonds is 6. The van der Waals surface area contributed by atoms with Crippen LogP contribution in [0, 0.1) is 5.92 Å². The molecule has 1 saturated heterocycles. The fraction of sp³-hybridized carbons (Fsp3) is 0.562. The van der Waals surface area contributed by atoms with Gasteiger partial charge in [-0.15, -0.1) is 11.3 Å². The van der Waals surface area contributed by atoms with E-state index in [0.717, 1.165) is 43.0 Å². The quantitative estimate of drug-likeness (QED) is 0.827. The molecule has 0 spiro atoms. The Bertz CT molecular complexity index is 697. The van der Waals surface area contributed by atoms with E-state index in [2.05, 4.69) is 20.3 Å². The number of anilines is 1. The van der Waals surface area contributed by atoms with Gasteiger partial charge in [-0.2, -0.15) is 5.10 Å². The molecule has 7 nitrogen and oxygen atoms in total. The molecule has 2 aliphatic rings. The maximum atomic E-state index is 11.8. The summed E-state index contributed by atoms with van der Waals surface area (Å²) < 4.78 is 1.91. The second kappa shape index (κ2) is 6.62. The van der Waals surface area contributed by atoms with Crippen molar-refractivity contribution in [2.45, 2.75) is 37.9 Å². The molecule has 1 amide bonds. The first kappa shape index (κ1) is 15.7. The maximum absolute atomic E-state index is 11.8. The minimum absolute atomic E-state index is 0.0969. The van der Waals surface area contributed by atoms with Crippen molar-refractivity contribution in [1.82, 2.24) is 19.7 Å². The van der Waals surface area contributed by atoms with Gasteiger partial charge in [-0.3, -0.25) is 14.4 Å². The van der Waals surface area contributed by atoms with Gasteiger partial charge in [0, 0.05) is 36.3 Å². The summed E-state index contributed by atoms with van der Waals surface area (Å²) >= 11 is 1.63. The Balaban J connectivity index is 1.40. The molecule has 0 bridgehead atoms. The zero-order chi connectivity index (χ0) is 16.5. The molecule has 2 N–H and O–H groups in total. The normalized spacial score (nSPS) is 24.4. The second-order valence-electron chi connectivity index (χ2n) is 6.55. The molecule has 0 aromatic carbocycles. The van der Waals surface area contributed by atoms with E-state index in [1.807, 2.05) is 22.5 Å². The van der Waals surface area contributed by atoms with Gasteiger partial charge in [-0.25, -0.2) is 4.98 Å². The lowest BCUT2D eigenvalue weighted by molar-refractivity contribution is -0.117. The van der Waals surface area contributed by atoms with Crippen molar-refractivity contribution in [3.05, 3.63) is 29.0 Å². The van der Waals surface area contributed by atoms with Gasteiger partial charge in [-0.05, 0) is 19.3 Å². The lowest BCUT2D eigenvalue weighted by atomic mass is 10.2. The van der Waals surface area contributed by atoms with E-state index >= 15 is 0 Å². The summed E-state index contributed by atoms with van der Waals surface area (Å²) in [6.07, 6.45) is 8.24. The van der Waals surface area contributed by atoms with Gasteiger partial charge in [-0.1, -0.05) is 0 Å². The molecule has 0 radical (unpaired) electrons. The second-order valence-corrected chi connectivity index (χ2v) is 7.53. The van der Waals surface area contributed by atoms with Crippen molar-refractivity contribution >= 4 is 22.9 Å². The highest BCUT2D eigenvalue weighted by atomic mass is 32.1. The fourth-order valence-corrected chi connectivity index (χ4v) is 3.87. The Kier molecular flexibility index (Phi) is 4.34. The van der Waals surface area contributed by atoms with Gasteiger partial charge in [0.05, 0.1) is 31.1 Å². The van der Waals surface area contributed by atoms with E-state index in [4.69, 9.17) is 0 Å². The first-order valence-electron chi connectivity index (χ1n) is 8.31. The molecule has 1 saturated carbocycles. The van der Waals surface area contributed by atoms with Crippen LogP contribution in [0.3, 0.4) is 0 Å². The van der Waals surface area contributed by atoms with Crippen LogP contribution >= 0.6 is 11.3 Å². The average molecular weight is 347 g/mol. The van der Waals surface area contributed by atoms with E-state index < -0.39 is 0 Å². The fourth-order valence-electron chi connectivity index (χ4n) is 3.23. The Morgan fingerprint density at radius 3 is 3.04 bits per heavy atom. The third-order valence-corrected chi connectivity index (χ3v) is 5.49. The summed E-state index contributed by atoms with van der Waals surface area (Å²) in [6, 6.07) is 0.321. The lowest BCUT2D eigenvalue weighted by Gasteiger charge is -2.20. The van der Waals surface area contributed by atoms with Crippen LogP contribution in [0.4, 0.5) is 5.69 Å². The number of aromatic nitrogens is 3. The third kappa shape index (κ3) is 3.35. The van der Waals surface area contributed by atoms with Crippen molar-refractivity contribution in [2.75, 3.05) is 18.5 Å². The van der Waals surface area contributed by atoms with Gasteiger partial charge < -0.3 is 10.4 Å². The van der Waals surface area contributed by atoms with Crippen molar-refractivity contribution in [3.63, 3.8) is 0 Å². The minimum atomic E-state index is 0.0969. The number of nitrogens with one attached hydrogen (secondary N) is 1. The molecule has 2 aromatic rings. The highest BCUT2D eigenvalue weighted by Gasteiger charge is 2.34. The number of nitrogens with zero attached hydrogens (tertiary/aromatic N) is 4. The van der Waals surface area contributed by atoms with E-state index in [0.29, 0.717) is 0 Å². The summed E-state index contributed by atoms with van der Waals surface area (Å²) in [5.41, 5.74) is 0.755. The molecule has 24 heavy (non-hydrogen) atoms. The topological polar surface area (TPSA) is 83.3 Å². The summed E-state index contributed by atoms with van der Waals surface area (Å²) in [6.45, 7) is 1.71. The zero-order valence-electron chi connectivity index (χ0n) is 13.3. The van der Waals surface area contributed by atoms with Crippen LogP contribution in [0.2, 0.25) is 0 Å². The molecule has 2 aromatic heterocycles. The summed E-state index contributed by atoms with van der Waals surface area (Å²) in [4.78, 5) is 18.4. The van der Waals surface area contributed by atoms with Crippen LogP contribution in [0.15, 0.2) is 24.0 Å². The van der Waals surface area contributed by atoms with Crippen molar-refractivity contribution in [2.24, 2.45) is 5.92 Å². The lowest BCUT2D eigenvalue weighted by Crippen LogP contribution is -2.31. The molecule has 128 valence electrons. The van der Waals surface area contributed by atoms with Crippen LogP contribution in [0.5, 0.6) is 0 Å². The highest BCUT2D eigenvalue weighted by molar-refractivity contribution is 7.09. The van der Waals surface area contributed by atoms with Crippen LogP contribution < -0.4 is 5.32 Å². The van der Waals surface area contributed by atoms with E-state index in [9.17, 15) is 9.90 Å². The first-order chi connectivity index (χ1) is 11.7. The molecule has 2 fully saturated rings. The van der Waals surface area contributed by atoms with Gasteiger partial charge in [0.15, 0.2) is 0 Å². The number of carbonyl (C=O) groups excluding carboxylic acids is 1. The van der Waals surface area contributed by atoms with Gasteiger partial charge in [0.1, 0.15) is 5.01 Å². The molecule has 1 aliphatic heterocycles. The van der Waals surface area contributed by atoms with Crippen molar-refractivity contribution < 1.29 is 9.90 Å². The van der Waals surface area contributed by atoms with E-state index in [1.54, 1.807) is 17.5 Å². The van der Waals surface area contributed by atoms with Crippen molar-refractivity contribution in [3.8, 4) is 0 Å². The number of hydrogen-bond donors (Lipinski definition) is 2. The predicted octanol–water partition coefficient (Wildman–Crippen LogP) is 1.50. The summed E-state index contributed by atoms with van der Waals surface area (Å²) in [7, 11) is 0. The number of carbonyl (C=O) groups is 1. The van der Waals surface area contributed by atoms with Crippen LogP contribution in [-0.4, -0.2) is 49.9 Å². The highest BCUT2D eigenvalue weighted by Crippen LogP contribution is 2.31. The predicted molar refractivity (Wildman–Crippen MR) is 90.6 cm³/mol. The number of amides is 1. The largest absolute Gasteiger partial charge is 0.395 e. The van der Waals surface area contributed by atoms with Crippen molar-refractivity contribution in [1.29, 1.82) is 0 Å². The number of aliphatic hydroxyl groups excluding tert-OH is 1. The number of likely N-dealkylation sites (tertiary alicyclic amines) is 1. The first-order valence-corrected chi connectivity index (χ1v) is 9.19. The molecular weight excluding hydrogens is 326 g/mol. The van der Waals surface area contributed by atoms with E-state index in [-0.39, 0.29) is 30.5 Å². The SMILES string of the molecule is O=C(Nc1cnn([C@H]2C[C@@H](CO)N(Cc3nccs3)C2)c1)C1CC1. The average Bonchev–Trinajstić information content (AvgIpc) is 2.98. The maximum Gasteiger partial charge on any atom is 0.227 e. The Morgan fingerprint density at radius 2 is 2.33 bits per heavy atom. The molecule has 8 heteroatoms. The number of aliphatic hydroxyl groups is 1. The van der Waals surface area contributed by atoms with Crippen LogP contribution in [0.1, 0.15) is 30.3 Å². The Labute approximate surface area is 144 Å². The van der Waals surface area contributed by atoms with Gasteiger partial charge in [0.2, 0.25) is 5.91 Å². The monoisotopic (exact) mass is 347 g/mol. The molecule has 4 rings (SSSR count). The Hall–Kier alpha value is -1.77. The van der Waals surface area contributed by atoms with E-state index in [1.165, 1.54) is 0 Å². The molecule has 3 heterocycles. The van der Waals surface area contributed by atoms with Crippen LogP contribution in [0.25, 0.3) is 0 Å². The van der Waals surface area contributed by atoms with Gasteiger partial charge in [0.25, 0.3) is 0 Å². The zero-order valence-corrected chi connectivity index (χ0v) is 14.2. The summed E-state index contributed by atoms with van der Waals surface area (Å²) in [5, 5.41) is 20.0. The smallest absolute Gasteiger partial charge is 0.227 e.